The van der Waals surface area contributed by atoms with E-state index in [1.165, 1.54) is 13.2 Å². The van der Waals surface area contributed by atoms with Gasteiger partial charge >= 0.3 is 5.97 Å². The van der Waals surface area contributed by atoms with E-state index in [-0.39, 0.29) is 5.43 Å². The zero-order chi connectivity index (χ0) is 18.3. The van der Waals surface area contributed by atoms with Crippen molar-refractivity contribution in [3.8, 4) is 0 Å². The number of methoxy groups -OCH3 is 1. The molecule has 0 amide bonds. The largest absolute Gasteiger partial charge is 0.465 e. The molecule has 3 aromatic rings. The molecule has 0 bridgehead atoms. The number of nitrogen functional groups attached to an aromatic ring is 1. The molecule has 1 aliphatic carbocycles. The second-order valence-electron chi connectivity index (χ2n) is 6.28. The lowest BCUT2D eigenvalue weighted by Gasteiger charge is -2.06. The van der Waals surface area contributed by atoms with Crippen LogP contribution in [-0.2, 0) is 11.2 Å². The van der Waals surface area contributed by atoms with E-state index in [1.807, 2.05) is 30.3 Å². The molecule has 5 nitrogen and oxygen atoms in total. The average Bonchev–Trinajstić information content (AvgIpc) is 3.06. The zero-order valence-electron chi connectivity index (χ0n) is 14.2. The number of hydrogen-bond donors (Lipinski definition) is 1. The van der Waals surface area contributed by atoms with Crippen LogP contribution in [0.15, 0.2) is 51.7 Å². The van der Waals surface area contributed by atoms with Gasteiger partial charge in [0.2, 0.25) is 0 Å². The van der Waals surface area contributed by atoms with Crippen molar-refractivity contribution in [2.24, 2.45) is 0 Å². The highest BCUT2D eigenvalue weighted by Crippen LogP contribution is 2.34. The summed E-state index contributed by atoms with van der Waals surface area (Å²) in [5.41, 5.74) is 9.79. The summed E-state index contributed by atoms with van der Waals surface area (Å²) in [5.74, 6) is 0.154. The maximum Gasteiger partial charge on any atom is 0.337 e. The van der Waals surface area contributed by atoms with Crippen LogP contribution in [0.1, 0.15) is 33.7 Å². The Balaban J connectivity index is 1.84. The normalized spacial score (nSPS) is 14.6. The molecule has 0 saturated heterocycles. The van der Waals surface area contributed by atoms with Crippen LogP contribution in [0.3, 0.4) is 0 Å². The van der Waals surface area contributed by atoms with Crippen LogP contribution in [0.2, 0.25) is 0 Å². The van der Waals surface area contributed by atoms with Crippen molar-refractivity contribution < 1.29 is 13.9 Å². The number of anilines is 1. The number of carbonyl (C=O) groups excluding carboxylic acids is 1. The Labute approximate surface area is 149 Å². The van der Waals surface area contributed by atoms with Crippen LogP contribution in [-0.4, -0.2) is 13.1 Å². The van der Waals surface area contributed by atoms with Crippen molar-refractivity contribution in [3.05, 3.63) is 75.1 Å². The number of nitrogens with two attached hydrogens (primary N) is 1. The van der Waals surface area contributed by atoms with E-state index in [0.29, 0.717) is 40.0 Å². The summed E-state index contributed by atoms with van der Waals surface area (Å²) < 4.78 is 10.7. The lowest BCUT2D eigenvalue weighted by molar-refractivity contribution is 0.0601. The molecule has 0 aliphatic heterocycles. The van der Waals surface area contributed by atoms with Crippen LogP contribution in [0.4, 0.5) is 5.69 Å². The lowest BCUT2D eigenvalue weighted by Crippen LogP contribution is -2.10. The van der Waals surface area contributed by atoms with Crippen molar-refractivity contribution in [2.45, 2.75) is 12.8 Å². The van der Waals surface area contributed by atoms with Crippen LogP contribution < -0.4 is 11.2 Å². The average molecular weight is 347 g/mol. The van der Waals surface area contributed by atoms with E-state index in [1.54, 1.807) is 12.1 Å². The van der Waals surface area contributed by atoms with Crippen molar-refractivity contribution in [1.29, 1.82) is 0 Å². The fourth-order valence-corrected chi connectivity index (χ4v) is 3.27. The number of ether oxygens (including phenoxy) is 1. The molecule has 0 saturated carbocycles. The van der Waals surface area contributed by atoms with Crippen molar-refractivity contribution in [1.82, 2.24) is 0 Å². The molecule has 0 spiro atoms. The summed E-state index contributed by atoms with van der Waals surface area (Å²) in [4.78, 5) is 24.6. The quantitative estimate of drug-likeness (QED) is 0.565. The Morgan fingerprint density at radius 1 is 1.15 bits per heavy atom. The maximum atomic E-state index is 12.9. The number of carbonyl (C=O) groups is 1. The standard InChI is InChI=1S/C21H17NO4/c1-25-21(24)14-5-9-18-17(11-14)19(23)16-8-4-13(20(16)26-18)10-12-2-6-15(22)7-3-12/h2-3,5-7,9-11H,4,8,22H2,1H3. The van der Waals surface area contributed by atoms with E-state index in [0.717, 1.165) is 17.6 Å². The number of fused-ring (bicyclic) bond motifs is 2. The molecule has 4 rings (SSSR count). The molecule has 2 aromatic carbocycles. The summed E-state index contributed by atoms with van der Waals surface area (Å²) in [7, 11) is 1.31. The summed E-state index contributed by atoms with van der Waals surface area (Å²) >= 11 is 0. The van der Waals surface area contributed by atoms with E-state index in [9.17, 15) is 9.59 Å². The summed E-state index contributed by atoms with van der Waals surface area (Å²) in [6.07, 6.45) is 3.37. The van der Waals surface area contributed by atoms with Crippen molar-refractivity contribution in [2.75, 3.05) is 12.8 Å². The van der Waals surface area contributed by atoms with Gasteiger partial charge in [-0.05, 0) is 60.4 Å². The zero-order valence-corrected chi connectivity index (χ0v) is 14.2. The third kappa shape index (κ3) is 2.67. The highest BCUT2D eigenvalue weighted by molar-refractivity contribution is 5.95. The molecule has 0 radical (unpaired) electrons. The van der Waals surface area contributed by atoms with E-state index >= 15 is 0 Å². The molecule has 26 heavy (non-hydrogen) atoms. The van der Waals surface area contributed by atoms with E-state index in [4.69, 9.17) is 14.9 Å². The number of benzene rings is 2. The fourth-order valence-electron chi connectivity index (χ4n) is 3.27. The number of hydrogen-bond acceptors (Lipinski definition) is 5. The second kappa shape index (κ2) is 6.19. The molecular weight excluding hydrogens is 330 g/mol. The first-order valence-electron chi connectivity index (χ1n) is 8.31. The number of allylic oxidation sites excluding steroid dienone is 1. The van der Waals surface area contributed by atoms with Crippen LogP contribution >= 0.6 is 0 Å². The highest BCUT2D eigenvalue weighted by Gasteiger charge is 2.24. The SMILES string of the molecule is COC(=O)c1ccc2oc3c(c(=O)c2c1)CCC3=Cc1ccc(N)cc1. The monoisotopic (exact) mass is 347 g/mol. The summed E-state index contributed by atoms with van der Waals surface area (Å²) in [6, 6.07) is 12.3. The third-order valence-electron chi connectivity index (χ3n) is 4.62. The van der Waals surface area contributed by atoms with Crippen molar-refractivity contribution >= 4 is 34.3 Å². The molecule has 0 fully saturated rings. The molecule has 5 heteroatoms. The van der Waals surface area contributed by atoms with Gasteiger partial charge < -0.3 is 14.9 Å². The van der Waals surface area contributed by atoms with Gasteiger partial charge in [0.25, 0.3) is 0 Å². The molecule has 2 N–H and O–H groups in total. The van der Waals surface area contributed by atoms with Gasteiger partial charge in [-0.3, -0.25) is 4.79 Å². The predicted octanol–water partition coefficient (Wildman–Crippen LogP) is 3.65. The van der Waals surface area contributed by atoms with Crippen molar-refractivity contribution in [3.63, 3.8) is 0 Å². The lowest BCUT2D eigenvalue weighted by atomic mass is 10.1. The molecule has 0 atom stereocenters. The van der Waals surface area contributed by atoms with Gasteiger partial charge in [0.15, 0.2) is 5.43 Å². The second-order valence-corrected chi connectivity index (χ2v) is 6.28. The first kappa shape index (κ1) is 16.1. The molecular formula is C21H17NO4. The highest BCUT2D eigenvalue weighted by atomic mass is 16.5. The number of esters is 1. The molecule has 1 heterocycles. The smallest absolute Gasteiger partial charge is 0.337 e. The Hall–Kier alpha value is -3.34. The van der Waals surface area contributed by atoms with E-state index < -0.39 is 5.97 Å². The van der Waals surface area contributed by atoms with E-state index in [2.05, 4.69) is 0 Å². The summed E-state index contributed by atoms with van der Waals surface area (Å²) in [5, 5.41) is 0.403. The first-order chi connectivity index (χ1) is 12.6. The van der Waals surface area contributed by atoms with Gasteiger partial charge in [-0.1, -0.05) is 12.1 Å². The molecule has 1 aromatic heterocycles. The van der Waals surface area contributed by atoms with Gasteiger partial charge in [0.05, 0.1) is 18.1 Å². The molecule has 130 valence electrons. The number of rotatable bonds is 2. The molecule has 0 unspecified atom stereocenters. The third-order valence-corrected chi connectivity index (χ3v) is 4.62. The van der Waals surface area contributed by atoms with Gasteiger partial charge in [0, 0.05) is 11.3 Å². The first-order valence-corrected chi connectivity index (χ1v) is 8.31. The maximum absolute atomic E-state index is 12.9. The topological polar surface area (TPSA) is 82.5 Å². The minimum Gasteiger partial charge on any atom is -0.465 e. The van der Waals surface area contributed by atoms with Gasteiger partial charge in [-0.2, -0.15) is 0 Å². The van der Waals surface area contributed by atoms with Gasteiger partial charge in [-0.15, -0.1) is 0 Å². The minimum absolute atomic E-state index is 0.0901. The molecule has 1 aliphatic rings. The van der Waals surface area contributed by atoms with Crippen LogP contribution in [0.5, 0.6) is 0 Å². The Kier molecular flexibility index (Phi) is 3.84. The van der Waals surface area contributed by atoms with Crippen LogP contribution in [0, 0.1) is 0 Å². The van der Waals surface area contributed by atoms with Crippen LogP contribution in [0.25, 0.3) is 22.6 Å². The summed E-state index contributed by atoms with van der Waals surface area (Å²) in [6.45, 7) is 0. The van der Waals surface area contributed by atoms with Gasteiger partial charge in [-0.25, -0.2) is 4.79 Å². The fraction of sp³-hybridized carbons (Fsp3) is 0.143. The Morgan fingerprint density at radius 2 is 1.92 bits per heavy atom. The Bertz CT molecular complexity index is 1110. The predicted molar refractivity (Wildman–Crippen MR) is 101 cm³/mol. The Morgan fingerprint density at radius 3 is 2.65 bits per heavy atom. The minimum atomic E-state index is -0.476. The van der Waals surface area contributed by atoms with Gasteiger partial charge in [0.1, 0.15) is 11.3 Å².